The average molecular weight is 190 g/mol. The highest BCUT2D eigenvalue weighted by Crippen LogP contribution is 2.45. The Kier molecular flexibility index (Phi) is 1.53. The van der Waals surface area contributed by atoms with Gasteiger partial charge in [-0.25, -0.2) is 0 Å². The van der Waals surface area contributed by atoms with Crippen LogP contribution in [0.4, 0.5) is 5.69 Å². The molecule has 74 valence electrons. The predicted octanol–water partition coefficient (Wildman–Crippen LogP) is 0.897. The average Bonchev–Trinajstić information content (AvgIpc) is 2.71. The van der Waals surface area contributed by atoms with E-state index in [1.165, 1.54) is 5.56 Å². The van der Waals surface area contributed by atoms with Crippen LogP contribution >= 0.6 is 0 Å². The maximum atomic E-state index is 9.79. The fourth-order valence-electron chi connectivity index (χ4n) is 2.79. The number of aromatic hydroxyl groups is 1. The number of fused-ring (bicyclic) bond motifs is 3. The van der Waals surface area contributed by atoms with Crippen molar-refractivity contribution in [2.24, 2.45) is 0 Å². The quantitative estimate of drug-likeness (QED) is 0.638. The standard InChI is InChI=1S/C11H14N2O/c1-13-9-6-12-5-8(9)7-3-2-4-10(14)11(7)13/h2-4,8-9,12,14H,5-6H2,1H3. The van der Waals surface area contributed by atoms with E-state index in [1.54, 1.807) is 6.07 Å². The Bertz CT molecular complexity index is 378. The number of phenolic OH excluding ortho intramolecular Hbond substituents is 1. The lowest BCUT2D eigenvalue weighted by Gasteiger charge is -2.21. The van der Waals surface area contributed by atoms with Crippen LogP contribution in [0.1, 0.15) is 11.5 Å². The molecule has 2 atom stereocenters. The molecule has 0 saturated carbocycles. The van der Waals surface area contributed by atoms with Crippen LogP contribution in [0, 0.1) is 0 Å². The van der Waals surface area contributed by atoms with Gasteiger partial charge in [-0.05, 0) is 11.6 Å². The first kappa shape index (κ1) is 8.12. The van der Waals surface area contributed by atoms with Gasteiger partial charge < -0.3 is 15.3 Å². The molecule has 2 heterocycles. The Balaban J connectivity index is 2.17. The van der Waals surface area contributed by atoms with E-state index >= 15 is 0 Å². The van der Waals surface area contributed by atoms with Crippen LogP contribution in [0.3, 0.4) is 0 Å². The summed E-state index contributed by atoms with van der Waals surface area (Å²) in [5.41, 5.74) is 2.33. The van der Waals surface area contributed by atoms with Crippen LogP contribution in [-0.2, 0) is 0 Å². The van der Waals surface area contributed by atoms with Gasteiger partial charge in [0, 0.05) is 32.1 Å². The Morgan fingerprint density at radius 1 is 1.43 bits per heavy atom. The van der Waals surface area contributed by atoms with Gasteiger partial charge in [0.1, 0.15) is 5.75 Å². The topological polar surface area (TPSA) is 35.5 Å². The zero-order valence-corrected chi connectivity index (χ0v) is 8.20. The van der Waals surface area contributed by atoms with E-state index < -0.39 is 0 Å². The molecule has 1 aromatic rings. The van der Waals surface area contributed by atoms with Gasteiger partial charge >= 0.3 is 0 Å². The molecule has 3 rings (SSSR count). The number of anilines is 1. The lowest BCUT2D eigenvalue weighted by Crippen LogP contribution is -2.31. The Morgan fingerprint density at radius 2 is 2.29 bits per heavy atom. The Labute approximate surface area is 83.3 Å². The highest BCUT2D eigenvalue weighted by atomic mass is 16.3. The zero-order valence-electron chi connectivity index (χ0n) is 8.20. The third-order valence-corrected chi connectivity index (χ3v) is 3.48. The van der Waals surface area contributed by atoms with Crippen molar-refractivity contribution in [3.8, 4) is 5.75 Å². The second-order valence-electron chi connectivity index (χ2n) is 4.16. The lowest BCUT2D eigenvalue weighted by atomic mass is 9.98. The van der Waals surface area contributed by atoms with Gasteiger partial charge in [0.2, 0.25) is 0 Å². The van der Waals surface area contributed by atoms with E-state index in [4.69, 9.17) is 0 Å². The summed E-state index contributed by atoms with van der Waals surface area (Å²) in [5, 5.41) is 13.2. The van der Waals surface area contributed by atoms with Gasteiger partial charge in [0.25, 0.3) is 0 Å². The van der Waals surface area contributed by atoms with Crippen molar-refractivity contribution in [2.45, 2.75) is 12.0 Å². The number of nitrogens with one attached hydrogen (secondary N) is 1. The molecule has 0 bridgehead atoms. The van der Waals surface area contributed by atoms with Gasteiger partial charge in [-0.3, -0.25) is 0 Å². The van der Waals surface area contributed by atoms with E-state index in [0.717, 1.165) is 18.8 Å². The molecule has 1 aromatic carbocycles. The minimum atomic E-state index is 0.416. The SMILES string of the molecule is CN1c2c(O)cccc2C2CNCC21. The molecule has 0 aliphatic carbocycles. The summed E-state index contributed by atoms with van der Waals surface area (Å²) in [6, 6.07) is 6.36. The first-order valence-electron chi connectivity index (χ1n) is 5.04. The number of hydrogen-bond donors (Lipinski definition) is 2. The summed E-state index contributed by atoms with van der Waals surface area (Å²) >= 11 is 0. The number of para-hydroxylation sites is 1. The summed E-state index contributed by atoms with van der Waals surface area (Å²) in [6.45, 7) is 2.06. The molecule has 3 nitrogen and oxygen atoms in total. The molecule has 0 radical (unpaired) electrons. The molecule has 0 aromatic heterocycles. The van der Waals surface area contributed by atoms with Crippen molar-refractivity contribution < 1.29 is 5.11 Å². The third kappa shape index (κ3) is 0.852. The van der Waals surface area contributed by atoms with Crippen LogP contribution in [0.5, 0.6) is 5.75 Å². The van der Waals surface area contributed by atoms with Crippen molar-refractivity contribution in [1.29, 1.82) is 0 Å². The molecule has 1 saturated heterocycles. The molecule has 0 spiro atoms. The largest absolute Gasteiger partial charge is 0.506 e. The number of nitrogens with zero attached hydrogens (tertiary/aromatic N) is 1. The highest BCUT2D eigenvalue weighted by Gasteiger charge is 2.40. The van der Waals surface area contributed by atoms with Gasteiger partial charge in [-0.2, -0.15) is 0 Å². The molecule has 0 amide bonds. The number of benzene rings is 1. The Morgan fingerprint density at radius 3 is 3.14 bits per heavy atom. The van der Waals surface area contributed by atoms with Gasteiger partial charge in [-0.15, -0.1) is 0 Å². The van der Waals surface area contributed by atoms with E-state index in [2.05, 4.69) is 23.3 Å². The molecule has 2 aliphatic rings. The summed E-state index contributed by atoms with van der Waals surface area (Å²) in [5.74, 6) is 0.974. The molecule has 2 N–H and O–H groups in total. The van der Waals surface area contributed by atoms with Crippen LogP contribution in [-0.4, -0.2) is 31.3 Å². The fourth-order valence-corrected chi connectivity index (χ4v) is 2.79. The molecule has 3 heteroatoms. The molecule has 1 fully saturated rings. The number of phenols is 1. The van der Waals surface area contributed by atoms with Crippen molar-refractivity contribution in [1.82, 2.24) is 5.32 Å². The van der Waals surface area contributed by atoms with Crippen LogP contribution in [0.25, 0.3) is 0 Å². The van der Waals surface area contributed by atoms with E-state index in [0.29, 0.717) is 17.7 Å². The number of hydrogen-bond acceptors (Lipinski definition) is 3. The molecular weight excluding hydrogens is 176 g/mol. The van der Waals surface area contributed by atoms with Crippen molar-refractivity contribution in [3.05, 3.63) is 23.8 Å². The van der Waals surface area contributed by atoms with E-state index in [1.807, 2.05) is 6.07 Å². The molecular formula is C11H14N2O. The van der Waals surface area contributed by atoms with Crippen molar-refractivity contribution >= 4 is 5.69 Å². The van der Waals surface area contributed by atoms with Crippen LogP contribution in [0.2, 0.25) is 0 Å². The maximum absolute atomic E-state index is 9.79. The minimum Gasteiger partial charge on any atom is -0.506 e. The highest BCUT2D eigenvalue weighted by molar-refractivity contribution is 5.69. The summed E-state index contributed by atoms with van der Waals surface area (Å²) < 4.78 is 0. The second-order valence-corrected chi connectivity index (χ2v) is 4.16. The van der Waals surface area contributed by atoms with Gasteiger partial charge in [0.05, 0.1) is 5.69 Å². The van der Waals surface area contributed by atoms with E-state index in [9.17, 15) is 5.11 Å². The van der Waals surface area contributed by atoms with Gasteiger partial charge in [-0.1, -0.05) is 12.1 Å². The second kappa shape index (κ2) is 2.64. The summed E-state index contributed by atoms with van der Waals surface area (Å²) in [7, 11) is 2.07. The molecule has 2 aliphatic heterocycles. The predicted molar refractivity (Wildman–Crippen MR) is 55.9 cm³/mol. The first-order valence-corrected chi connectivity index (χ1v) is 5.04. The third-order valence-electron chi connectivity index (χ3n) is 3.48. The minimum absolute atomic E-state index is 0.416. The summed E-state index contributed by atoms with van der Waals surface area (Å²) in [6.07, 6.45) is 0. The zero-order chi connectivity index (χ0) is 9.71. The summed E-state index contributed by atoms with van der Waals surface area (Å²) in [4.78, 5) is 2.20. The fraction of sp³-hybridized carbons (Fsp3) is 0.455. The smallest absolute Gasteiger partial charge is 0.139 e. The van der Waals surface area contributed by atoms with Gasteiger partial charge in [0.15, 0.2) is 0 Å². The van der Waals surface area contributed by atoms with Crippen LogP contribution in [0.15, 0.2) is 18.2 Å². The normalized spacial score (nSPS) is 29.1. The number of rotatable bonds is 0. The molecule has 14 heavy (non-hydrogen) atoms. The maximum Gasteiger partial charge on any atom is 0.139 e. The van der Waals surface area contributed by atoms with Crippen molar-refractivity contribution in [2.75, 3.05) is 25.0 Å². The number of likely N-dealkylation sites (N-methyl/N-ethyl adjacent to an activating group) is 1. The Hall–Kier alpha value is -1.22. The first-order chi connectivity index (χ1) is 6.79. The van der Waals surface area contributed by atoms with Crippen molar-refractivity contribution in [3.63, 3.8) is 0 Å². The van der Waals surface area contributed by atoms with Crippen LogP contribution < -0.4 is 10.2 Å². The lowest BCUT2D eigenvalue weighted by molar-refractivity contribution is 0.475. The monoisotopic (exact) mass is 190 g/mol. The molecule has 2 unspecified atom stereocenters. The van der Waals surface area contributed by atoms with E-state index in [-0.39, 0.29) is 0 Å².